The predicted molar refractivity (Wildman–Crippen MR) is 99.9 cm³/mol. The van der Waals surface area contributed by atoms with Gasteiger partial charge in [-0.15, -0.1) is 0 Å². The molecule has 1 aliphatic rings. The molecule has 0 saturated heterocycles. The molecule has 2 aromatic carbocycles. The van der Waals surface area contributed by atoms with Crippen LogP contribution in [0.3, 0.4) is 0 Å². The largest absolute Gasteiger partial charge is 0.373 e. The van der Waals surface area contributed by atoms with Gasteiger partial charge in [-0.25, -0.2) is 0 Å². The Bertz CT molecular complexity index is 1010. The normalized spacial score (nSPS) is 16.2. The van der Waals surface area contributed by atoms with Crippen molar-refractivity contribution in [2.75, 3.05) is 6.61 Å². The van der Waals surface area contributed by atoms with Crippen molar-refractivity contribution in [3.63, 3.8) is 0 Å². The first-order valence-corrected chi connectivity index (χ1v) is 8.78. The van der Waals surface area contributed by atoms with E-state index in [-0.39, 0.29) is 24.0 Å². The van der Waals surface area contributed by atoms with Crippen LogP contribution in [0.1, 0.15) is 29.2 Å². The van der Waals surface area contributed by atoms with Crippen LogP contribution < -0.4 is 10.9 Å². The molecule has 0 bridgehead atoms. The van der Waals surface area contributed by atoms with Crippen LogP contribution in [-0.4, -0.2) is 17.5 Å². The van der Waals surface area contributed by atoms with Crippen molar-refractivity contribution in [3.05, 3.63) is 81.6 Å². The van der Waals surface area contributed by atoms with Crippen LogP contribution in [0.15, 0.2) is 59.4 Å². The number of amides is 1. The van der Waals surface area contributed by atoms with Gasteiger partial charge in [0.25, 0.3) is 0 Å². The summed E-state index contributed by atoms with van der Waals surface area (Å²) < 4.78 is 5.80. The van der Waals surface area contributed by atoms with Crippen LogP contribution in [-0.2, 0) is 22.5 Å². The molecular weight excluding hydrogens is 328 g/mol. The van der Waals surface area contributed by atoms with Crippen LogP contribution >= 0.6 is 0 Å². The minimum Gasteiger partial charge on any atom is -0.373 e. The fourth-order valence-corrected chi connectivity index (χ4v) is 3.50. The topological polar surface area (TPSA) is 71.2 Å². The molecule has 2 heterocycles. The number of benzene rings is 2. The van der Waals surface area contributed by atoms with Gasteiger partial charge in [0.15, 0.2) is 0 Å². The first-order valence-electron chi connectivity index (χ1n) is 8.78. The monoisotopic (exact) mass is 348 g/mol. The van der Waals surface area contributed by atoms with Gasteiger partial charge in [-0.3, -0.25) is 9.59 Å². The highest BCUT2D eigenvalue weighted by Gasteiger charge is 2.23. The SMILES string of the molecule is O=C(CC1OCCc2ccccc21)NCc1cc(=O)[nH]c2ccccc12. The lowest BCUT2D eigenvalue weighted by Gasteiger charge is -2.25. The number of fused-ring (bicyclic) bond motifs is 2. The molecule has 1 aliphatic heterocycles. The molecule has 0 fully saturated rings. The first-order chi connectivity index (χ1) is 12.7. The van der Waals surface area contributed by atoms with Gasteiger partial charge >= 0.3 is 0 Å². The number of hydrogen-bond acceptors (Lipinski definition) is 3. The van der Waals surface area contributed by atoms with E-state index in [1.165, 1.54) is 11.6 Å². The van der Waals surface area contributed by atoms with Crippen LogP contribution in [0.25, 0.3) is 10.9 Å². The summed E-state index contributed by atoms with van der Waals surface area (Å²) in [6, 6.07) is 17.2. The highest BCUT2D eigenvalue weighted by Crippen LogP contribution is 2.29. The lowest BCUT2D eigenvalue weighted by molar-refractivity contribution is -0.124. The molecular formula is C21H20N2O3. The number of carbonyl (C=O) groups is 1. The van der Waals surface area contributed by atoms with Gasteiger partial charge in [0.1, 0.15) is 0 Å². The number of pyridine rings is 1. The Morgan fingerprint density at radius 2 is 1.96 bits per heavy atom. The highest BCUT2D eigenvalue weighted by molar-refractivity contribution is 5.83. The van der Waals surface area contributed by atoms with E-state index in [2.05, 4.69) is 16.4 Å². The molecule has 1 atom stereocenters. The average molecular weight is 348 g/mol. The molecule has 1 aromatic heterocycles. The summed E-state index contributed by atoms with van der Waals surface area (Å²) in [7, 11) is 0. The minimum absolute atomic E-state index is 0.0870. The van der Waals surface area contributed by atoms with Crippen LogP contribution in [0.5, 0.6) is 0 Å². The van der Waals surface area contributed by atoms with Gasteiger partial charge in [-0.2, -0.15) is 0 Å². The third-order valence-electron chi connectivity index (χ3n) is 4.78. The number of aromatic nitrogens is 1. The first kappa shape index (κ1) is 16.5. The number of carbonyl (C=O) groups excluding carboxylic acids is 1. The molecule has 5 heteroatoms. The van der Waals surface area contributed by atoms with Crippen LogP contribution in [0.4, 0.5) is 0 Å². The van der Waals surface area contributed by atoms with E-state index in [4.69, 9.17) is 4.74 Å². The summed E-state index contributed by atoms with van der Waals surface area (Å²) in [6.07, 6.45) is 0.946. The molecule has 0 spiro atoms. The van der Waals surface area contributed by atoms with Gasteiger partial charge < -0.3 is 15.0 Å². The fraction of sp³-hybridized carbons (Fsp3) is 0.238. The van der Waals surface area contributed by atoms with Gasteiger partial charge in [0, 0.05) is 23.5 Å². The maximum absolute atomic E-state index is 12.4. The van der Waals surface area contributed by atoms with Crippen molar-refractivity contribution >= 4 is 16.8 Å². The van der Waals surface area contributed by atoms with E-state index in [0.717, 1.165) is 28.5 Å². The maximum atomic E-state index is 12.4. The molecule has 0 aliphatic carbocycles. The van der Waals surface area contributed by atoms with Crippen molar-refractivity contribution < 1.29 is 9.53 Å². The van der Waals surface area contributed by atoms with E-state index in [1.54, 1.807) is 0 Å². The zero-order chi connectivity index (χ0) is 17.9. The fourth-order valence-electron chi connectivity index (χ4n) is 3.50. The molecule has 1 unspecified atom stereocenters. The number of ether oxygens (including phenoxy) is 1. The lowest BCUT2D eigenvalue weighted by atomic mass is 9.95. The molecule has 0 radical (unpaired) electrons. The standard InChI is InChI=1S/C21H20N2O3/c24-20(12-19-17-7-2-1-5-14(17)9-10-26-19)22-13-15-11-21(25)23-18-8-4-3-6-16(15)18/h1-8,11,19H,9-10,12-13H2,(H,22,24)(H,23,25). The second-order valence-electron chi connectivity index (χ2n) is 6.49. The Morgan fingerprint density at radius 1 is 1.15 bits per heavy atom. The zero-order valence-electron chi connectivity index (χ0n) is 14.3. The second kappa shape index (κ2) is 7.14. The number of H-pyrrole nitrogens is 1. The number of rotatable bonds is 4. The number of para-hydroxylation sites is 1. The average Bonchev–Trinajstić information content (AvgIpc) is 2.66. The molecule has 132 valence electrons. The maximum Gasteiger partial charge on any atom is 0.248 e. The van der Waals surface area contributed by atoms with Crippen molar-refractivity contribution in [1.82, 2.24) is 10.3 Å². The zero-order valence-corrected chi connectivity index (χ0v) is 14.3. The van der Waals surface area contributed by atoms with Gasteiger partial charge in [0.05, 0.1) is 19.1 Å². The van der Waals surface area contributed by atoms with Crippen molar-refractivity contribution in [2.24, 2.45) is 0 Å². The molecule has 26 heavy (non-hydrogen) atoms. The van der Waals surface area contributed by atoms with E-state index < -0.39 is 0 Å². The summed E-state index contributed by atoms with van der Waals surface area (Å²) in [6.45, 7) is 0.950. The highest BCUT2D eigenvalue weighted by atomic mass is 16.5. The molecule has 5 nitrogen and oxygen atoms in total. The summed E-state index contributed by atoms with van der Waals surface area (Å²) in [5.74, 6) is -0.0870. The van der Waals surface area contributed by atoms with Crippen LogP contribution in [0.2, 0.25) is 0 Å². The number of nitrogens with one attached hydrogen (secondary N) is 2. The van der Waals surface area contributed by atoms with Crippen molar-refractivity contribution in [2.45, 2.75) is 25.5 Å². The Morgan fingerprint density at radius 3 is 2.88 bits per heavy atom. The smallest absolute Gasteiger partial charge is 0.248 e. The number of aromatic amines is 1. The molecule has 4 rings (SSSR count). The summed E-state index contributed by atoms with van der Waals surface area (Å²) in [5.41, 5.74) is 3.75. The summed E-state index contributed by atoms with van der Waals surface area (Å²) in [4.78, 5) is 27.1. The molecule has 1 amide bonds. The summed E-state index contributed by atoms with van der Waals surface area (Å²) in [5, 5.41) is 3.86. The Kier molecular flexibility index (Phi) is 4.54. The molecule has 3 aromatic rings. The van der Waals surface area contributed by atoms with E-state index in [9.17, 15) is 9.59 Å². The van der Waals surface area contributed by atoms with Gasteiger partial charge in [-0.05, 0) is 29.2 Å². The van der Waals surface area contributed by atoms with E-state index in [0.29, 0.717) is 13.2 Å². The lowest BCUT2D eigenvalue weighted by Crippen LogP contribution is -2.28. The van der Waals surface area contributed by atoms with Gasteiger partial charge in [0.2, 0.25) is 11.5 Å². The van der Waals surface area contributed by atoms with Crippen molar-refractivity contribution in [3.8, 4) is 0 Å². The molecule has 2 N–H and O–H groups in total. The minimum atomic E-state index is -0.212. The third-order valence-corrected chi connectivity index (χ3v) is 4.78. The Balaban J connectivity index is 1.47. The predicted octanol–water partition coefficient (Wildman–Crippen LogP) is 2.85. The second-order valence-corrected chi connectivity index (χ2v) is 6.49. The third kappa shape index (κ3) is 3.39. The van der Waals surface area contributed by atoms with E-state index >= 15 is 0 Å². The quantitative estimate of drug-likeness (QED) is 0.762. The molecule has 0 saturated carbocycles. The van der Waals surface area contributed by atoms with E-state index in [1.807, 2.05) is 42.5 Å². The number of hydrogen-bond donors (Lipinski definition) is 2. The summed E-state index contributed by atoms with van der Waals surface area (Å²) >= 11 is 0. The van der Waals surface area contributed by atoms with Crippen LogP contribution in [0, 0.1) is 0 Å². The van der Waals surface area contributed by atoms with Crippen molar-refractivity contribution in [1.29, 1.82) is 0 Å². The van der Waals surface area contributed by atoms with Gasteiger partial charge in [-0.1, -0.05) is 42.5 Å². The Hall–Kier alpha value is -2.92. The Labute approximate surface area is 151 Å².